The van der Waals surface area contributed by atoms with Crippen molar-refractivity contribution in [2.24, 2.45) is 0 Å². The Hall–Kier alpha value is -4.56. The molecule has 0 saturated carbocycles. The van der Waals surface area contributed by atoms with Gasteiger partial charge in [0.05, 0.1) is 20.3 Å². The van der Waals surface area contributed by atoms with Gasteiger partial charge >= 0.3 is 23.6 Å². The van der Waals surface area contributed by atoms with Gasteiger partial charge in [-0.15, -0.1) is 0 Å². The number of ether oxygens (including phenoxy) is 4. The van der Waals surface area contributed by atoms with E-state index in [1.54, 1.807) is 101 Å². The van der Waals surface area contributed by atoms with Crippen LogP contribution in [0.4, 0.5) is 0 Å². The van der Waals surface area contributed by atoms with Crippen LogP contribution < -0.4 is 11.2 Å². The average Bonchev–Trinajstić information content (AvgIpc) is 3.34. The van der Waals surface area contributed by atoms with Crippen LogP contribution in [0.1, 0.15) is 37.3 Å². The number of carbonyl (C=O) groups excluding carboxylic acids is 3. The maximum Gasteiger partial charge on any atom is 0.338 e. The van der Waals surface area contributed by atoms with Gasteiger partial charge in [-0.3, -0.25) is 14.3 Å². The van der Waals surface area contributed by atoms with Crippen molar-refractivity contribution < 1.29 is 33.3 Å². The number of aromatic nitrogens is 2. The third-order valence-corrected chi connectivity index (χ3v) is 7.15. The quantitative estimate of drug-likeness (QED) is 0.168. The van der Waals surface area contributed by atoms with Crippen molar-refractivity contribution in [3.8, 4) is 0 Å². The van der Waals surface area contributed by atoms with Gasteiger partial charge in [0, 0.05) is 6.20 Å². The highest BCUT2D eigenvalue weighted by atomic mass is 127. The van der Waals surface area contributed by atoms with Crippen molar-refractivity contribution in [1.29, 1.82) is 0 Å². The minimum absolute atomic E-state index is 0.153. The van der Waals surface area contributed by atoms with E-state index < -0.39 is 60.3 Å². The Labute approximate surface area is 252 Å². The third kappa shape index (κ3) is 6.50. The Kier molecular flexibility index (Phi) is 8.93. The predicted octanol–water partition coefficient (Wildman–Crippen LogP) is 3.35. The monoisotopic (exact) mass is 682 g/mol. The average molecular weight is 682 g/mol. The number of esters is 3. The standard InChI is InChI=1S/C30H23IN2O9/c31-21-16-33(30(38)32-25(21)34)26-24(42-29(37)20-14-8-3-9-15-20)23(41-28(36)19-12-6-2-7-13-19)22(40-26)17-39-27(35)18-10-4-1-5-11-18/h1-16,22-24,26H,17H2,(H,32,34,38)/t22-,23?,24+,26-/m1/s1. The van der Waals surface area contributed by atoms with Crippen LogP contribution in [0.5, 0.6) is 0 Å². The molecule has 2 heterocycles. The maximum absolute atomic E-state index is 13.2. The van der Waals surface area contributed by atoms with E-state index in [4.69, 9.17) is 18.9 Å². The third-order valence-electron chi connectivity index (χ3n) is 6.38. The van der Waals surface area contributed by atoms with E-state index in [0.717, 1.165) is 4.57 Å². The zero-order valence-electron chi connectivity index (χ0n) is 21.8. The van der Waals surface area contributed by atoms with Crippen molar-refractivity contribution in [2.45, 2.75) is 24.5 Å². The van der Waals surface area contributed by atoms with Gasteiger partial charge in [0.1, 0.15) is 12.7 Å². The molecule has 0 bridgehead atoms. The lowest BCUT2D eigenvalue weighted by molar-refractivity contribution is -0.0641. The summed E-state index contributed by atoms with van der Waals surface area (Å²) in [6, 6.07) is 24.4. The van der Waals surface area contributed by atoms with Crippen LogP contribution in [0.25, 0.3) is 0 Å². The Balaban J connectivity index is 1.52. The van der Waals surface area contributed by atoms with Gasteiger partial charge in [0.25, 0.3) is 5.56 Å². The molecule has 1 aliphatic rings. The van der Waals surface area contributed by atoms with Gasteiger partial charge in [0.15, 0.2) is 18.4 Å². The summed E-state index contributed by atoms with van der Waals surface area (Å²) in [7, 11) is 0. The first-order chi connectivity index (χ1) is 20.3. The van der Waals surface area contributed by atoms with Crippen molar-refractivity contribution in [3.05, 3.63) is 138 Å². The SMILES string of the molecule is O=C(OC[C@H]1O[C@@H](n2cc(I)c(=O)[nH]c2=O)[C@@H](OC(=O)c2ccccc2)C1OC(=O)c1ccccc1)c1ccccc1. The molecule has 4 atom stereocenters. The molecule has 0 aliphatic carbocycles. The Morgan fingerprint density at radius 1 is 0.738 bits per heavy atom. The number of benzene rings is 3. The van der Waals surface area contributed by atoms with Gasteiger partial charge in [-0.1, -0.05) is 54.6 Å². The number of aromatic amines is 1. The van der Waals surface area contributed by atoms with E-state index in [0.29, 0.717) is 0 Å². The van der Waals surface area contributed by atoms with E-state index in [1.165, 1.54) is 18.3 Å². The summed E-state index contributed by atoms with van der Waals surface area (Å²) in [5.41, 5.74) is -0.769. The molecule has 42 heavy (non-hydrogen) atoms. The second kappa shape index (κ2) is 13.0. The number of hydrogen-bond acceptors (Lipinski definition) is 9. The number of halogens is 1. The molecule has 5 rings (SSSR count). The molecular formula is C30H23IN2O9. The van der Waals surface area contributed by atoms with E-state index in [-0.39, 0.29) is 20.3 Å². The van der Waals surface area contributed by atoms with Crippen LogP contribution in [0.15, 0.2) is 107 Å². The van der Waals surface area contributed by atoms with Gasteiger partial charge in [-0.05, 0) is 59.0 Å². The predicted molar refractivity (Wildman–Crippen MR) is 156 cm³/mol. The molecule has 1 aromatic heterocycles. The lowest BCUT2D eigenvalue weighted by atomic mass is 10.1. The van der Waals surface area contributed by atoms with Gasteiger partial charge < -0.3 is 18.9 Å². The topological polar surface area (TPSA) is 143 Å². The highest BCUT2D eigenvalue weighted by Gasteiger charge is 2.51. The number of carbonyl (C=O) groups is 3. The number of hydrogen-bond donors (Lipinski definition) is 1. The van der Waals surface area contributed by atoms with Crippen LogP contribution in [-0.2, 0) is 18.9 Å². The molecule has 214 valence electrons. The minimum atomic E-state index is -1.38. The first-order valence-corrected chi connectivity index (χ1v) is 13.8. The van der Waals surface area contributed by atoms with Crippen molar-refractivity contribution in [2.75, 3.05) is 6.61 Å². The highest BCUT2D eigenvalue weighted by molar-refractivity contribution is 14.1. The lowest BCUT2D eigenvalue weighted by Crippen LogP contribution is -2.43. The number of H-pyrrole nitrogens is 1. The molecule has 1 N–H and O–H groups in total. The maximum atomic E-state index is 13.2. The van der Waals surface area contributed by atoms with E-state index in [2.05, 4.69) is 4.98 Å². The molecule has 1 fully saturated rings. The summed E-state index contributed by atoms with van der Waals surface area (Å²) in [6.45, 7) is -0.411. The molecule has 11 nitrogen and oxygen atoms in total. The first-order valence-electron chi connectivity index (χ1n) is 12.7. The summed E-state index contributed by atoms with van der Waals surface area (Å²) < 4.78 is 24.4. The molecule has 0 spiro atoms. The Bertz CT molecular complexity index is 1690. The van der Waals surface area contributed by atoms with Crippen LogP contribution in [-0.4, -0.2) is 52.4 Å². The highest BCUT2D eigenvalue weighted by Crippen LogP contribution is 2.35. The second-order valence-electron chi connectivity index (χ2n) is 9.15. The first kappa shape index (κ1) is 29.0. The second-order valence-corrected chi connectivity index (χ2v) is 10.3. The van der Waals surface area contributed by atoms with Crippen LogP contribution in [0, 0.1) is 3.57 Å². The molecule has 1 aliphatic heterocycles. The van der Waals surface area contributed by atoms with Crippen molar-refractivity contribution >= 4 is 40.5 Å². The summed E-state index contributed by atoms with van der Waals surface area (Å²) in [5, 5.41) is 0. The molecule has 1 saturated heterocycles. The Morgan fingerprint density at radius 2 is 1.21 bits per heavy atom. The van der Waals surface area contributed by atoms with Gasteiger partial charge in [-0.2, -0.15) is 0 Å². The van der Waals surface area contributed by atoms with Gasteiger partial charge in [-0.25, -0.2) is 19.2 Å². The fourth-order valence-corrected chi connectivity index (χ4v) is 4.77. The molecule has 3 aromatic carbocycles. The molecule has 0 radical (unpaired) electrons. The fraction of sp³-hybridized carbons (Fsp3) is 0.167. The minimum Gasteiger partial charge on any atom is -0.459 e. The molecular weight excluding hydrogens is 659 g/mol. The Morgan fingerprint density at radius 3 is 1.74 bits per heavy atom. The van der Waals surface area contributed by atoms with E-state index in [1.807, 2.05) is 0 Å². The number of rotatable bonds is 8. The molecule has 12 heteroatoms. The lowest BCUT2D eigenvalue weighted by Gasteiger charge is -2.25. The van der Waals surface area contributed by atoms with E-state index in [9.17, 15) is 24.0 Å². The zero-order valence-corrected chi connectivity index (χ0v) is 23.9. The fourth-order valence-electron chi connectivity index (χ4n) is 4.33. The summed E-state index contributed by atoms with van der Waals surface area (Å²) >= 11 is 1.74. The number of nitrogens with one attached hydrogen (secondary N) is 1. The van der Waals surface area contributed by atoms with Crippen molar-refractivity contribution in [3.63, 3.8) is 0 Å². The molecule has 1 unspecified atom stereocenters. The number of nitrogens with zero attached hydrogens (tertiary/aromatic N) is 1. The summed E-state index contributed by atoms with van der Waals surface area (Å²) in [5.74, 6) is -2.19. The zero-order chi connectivity index (χ0) is 29.6. The van der Waals surface area contributed by atoms with Crippen LogP contribution in [0.2, 0.25) is 0 Å². The smallest absolute Gasteiger partial charge is 0.338 e. The molecule has 0 amide bonds. The van der Waals surface area contributed by atoms with E-state index >= 15 is 0 Å². The summed E-state index contributed by atoms with van der Waals surface area (Å²) in [6.07, 6.45) is -3.99. The normalized spacial score (nSPS) is 19.5. The molecule has 4 aromatic rings. The van der Waals surface area contributed by atoms with Crippen LogP contribution in [0.3, 0.4) is 0 Å². The van der Waals surface area contributed by atoms with Crippen LogP contribution >= 0.6 is 22.6 Å². The van der Waals surface area contributed by atoms with Crippen molar-refractivity contribution in [1.82, 2.24) is 9.55 Å². The largest absolute Gasteiger partial charge is 0.459 e. The summed E-state index contributed by atoms with van der Waals surface area (Å²) in [4.78, 5) is 66.2. The van der Waals surface area contributed by atoms with Gasteiger partial charge in [0.2, 0.25) is 0 Å².